The maximum atomic E-state index is 5.97. The lowest BCUT2D eigenvalue weighted by Gasteiger charge is -2.19. The number of thiophene rings is 1. The molecule has 0 fully saturated rings. The zero-order valence-electron chi connectivity index (χ0n) is 11.3. The van der Waals surface area contributed by atoms with Gasteiger partial charge in [-0.2, -0.15) is 5.10 Å². The van der Waals surface area contributed by atoms with Crippen molar-refractivity contribution in [2.75, 3.05) is 0 Å². The summed E-state index contributed by atoms with van der Waals surface area (Å²) in [4.78, 5) is 1.36. The van der Waals surface area contributed by atoms with Gasteiger partial charge in [0.15, 0.2) is 0 Å². The number of hydrogen-bond donors (Lipinski definition) is 1. The van der Waals surface area contributed by atoms with E-state index in [1.165, 1.54) is 10.4 Å². The van der Waals surface area contributed by atoms with Gasteiger partial charge in [0.05, 0.1) is 11.8 Å². The smallest absolute Gasteiger partial charge is 0.0866 e. The third-order valence-corrected chi connectivity index (χ3v) is 4.87. The first kappa shape index (κ1) is 13.7. The van der Waals surface area contributed by atoms with Crippen LogP contribution in [0.1, 0.15) is 36.2 Å². The monoisotopic (exact) mass is 304 g/mol. The summed E-state index contributed by atoms with van der Waals surface area (Å²) in [6.45, 7) is 2.23. The topological polar surface area (TPSA) is 24.4 Å². The zero-order chi connectivity index (χ0) is 13.9. The SMILES string of the molecule is CCCC1C(c2ccc(Cl)cc2)=NNC1c1cccs1. The minimum atomic E-state index is 0.306. The minimum Gasteiger partial charge on any atom is -0.301 e. The average Bonchev–Trinajstić information content (AvgIpc) is 3.09. The Kier molecular flexibility index (Phi) is 4.08. The molecule has 2 aromatic rings. The fourth-order valence-electron chi connectivity index (χ4n) is 2.71. The van der Waals surface area contributed by atoms with Crippen LogP contribution in [-0.2, 0) is 0 Å². The molecule has 2 atom stereocenters. The third kappa shape index (κ3) is 2.60. The molecule has 0 bridgehead atoms. The lowest BCUT2D eigenvalue weighted by atomic mass is 9.87. The second kappa shape index (κ2) is 5.98. The van der Waals surface area contributed by atoms with Gasteiger partial charge in [0.1, 0.15) is 0 Å². The van der Waals surface area contributed by atoms with Gasteiger partial charge in [0.2, 0.25) is 0 Å². The normalized spacial score (nSPS) is 21.6. The van der Waals surface area contributed by atoms with Crippen LogP contribution in [0.2, 0.25) is 5.02 Å². The van der Waals surface area contributed by atoms with Gasteiger partial charge >= 0.3 is 0 Å². The van der Waals surface area contributed by atoms with E-state index in [0.717, 1.165) is 23.6 Å². The average molecular weight is 305 g/mol. The lowest BCUT2D eigenvalue weighted by Crippen LogP contribution is -2.21. The molecule has 0 saturated heterocycles. The maximum Gasteiger partial charge on any atom is 0.0866 e. The van der Waals surface area contributed by atoms with Crippen molar-refractivity contribution in [3.63, 3.8) is 0 Å². The predicted molar refractivity (Wildman–Crippen MR) is 86.6 cm³/mol. The summed E-state index contributed by atoms with van der Waals surface area (Å²) in [5, 5.41) is 7.49. The molecule has 0 saturated carbocycles. The van der Waals surface area contributed by atoms with Crippen molar-refractivity contribution in [1.82, 2.24) is 5.43 Å². The van der Waals surface area contributed by atoms with Gasteiger partial charge in [0, 0.05) is 15.8 Å². The highest BCUT2D eigenvalue weighted by Gasteiger charge is 2.33. The molecule has 0 aliphatic carbocycles. The molecule has 4 heteroatoms. The van der Waals surface area contributed by atoms with Gasteiger partial charge in [-0.25, -0.2) is 0 Å². The molecule has 0 spiro atoms. The molecule has 3 rings (SSSR count). The van der Waals surface area contributed by atoms with Crippen LogP contribution in [-0.4, -0.2) is 5.71 Å². The van der Waals surface area contributed by atoms with Gasteiger partial charge in [-0.15, -0.1) is 11.3 Å². The van der Waals surface area contributed by atoms with E-state index < -0.39 is 0 Å². The van der Waals surface area contributed by atoms with Crippen molar-refractivity contribution in [2.24, 2.45) is 11.0 Å². The summed E-state index contributed by atoms with van der Waals surface area (Å²) in [5.74, 6) is 0.430. The van der Waals surface area contributed by atoms with Gasteiger partial charge in [-0.3, -0.25) is 0 Å². The Labute approximate surface area is 128 Å². The van der Waals surface area contributed by atoms with Crippen molar-refractivity contribution in [1.29, 1.82) is 0 Å². The second-order valence-electron chi connectivity index (χ2n) is 5.02. The van der Waals surface area contributed by atoms with E-state index in [2.05, 4.69) is 47.1 Å². The summed E-state index contributed by atoms with van der Waals surface area (Å²) in [5.41, 5.74) is 5.64. The summed E-state index contributed by atoms with van der Waals surface area (Å²) in [7, 11) is 0. The molecule has 0 amide bonds. The van der Waals surface area contributed by atoms with Crippen LogP contribution in [0, 0.1) is 5.92 Å². The number of halogens is 1. The highest BCUT2D eigenvalue weighted by Crippen LogP contribution is 2.35. The van der Waals surface area contributed by atoms with Crippen molar-refractivity contribution >= 4 is 28.6 Å². The van der Waals surface area contributed by atoms with Crippen LogP contribution in [0.3, 0.4) is 0 Å². The molecule has 2 unspecified atom stereocenters. The Hall–Kier alpha value is -1.32. The highest BCUT2D eigenvalue weighted by molar-refractivity contribution is 7.10. The van der Waals surface area contributed by atoms with Crippen LogP contribution in [0.15, 0.2) is 46.9 Å². The zero-order valence-corrected chi connectivity index (χ0v) is 12.9. The van der Waals surface area contributed by atoms with Crippen LogP contribution in [0.25, 0.3) is 0 Å². The van der Waals surface area contributed by atoms with Crippen molar-refractivity contribution in [3.05, 3.63) is 57.2 Å². The second-order valence-corrected chi connectivity index (χ2v) is 6.44. The first-order chi connectivity index (χ1) is 9.79. The molecule has 20 heavy (non-hydrogen) atoms. The Bertz CT molecular complexity index is 589. The number of hydrazone groups is 1. The van der Waals surface area contributed by atoms with E-state index in [0.29, 0.717) is 12.0 Å². The van der Waals surface area contributed by atoms with Crippen LogP contribution < -0.4 is 5.43 Å². The minimum absolute atomic E-state index is 0.306. The fourth-order valence-corrected chi connectivity index (χ4v) is 3.67. The third-order valence-electron chi connectivity index (χ3n) is 3.67. The van der Waals surface area contributed by atoms with E-state index in [9.17, 15) is 0 Å². The first-order valence-electron chi connectivity index (χ1n) is 6.92. The maximum absolute atomic E-state index is 5.97. The number of rotatable bonds is 4. The van der Waals surface area contributed by atoms with E-state index in [-0.39, 0.29) is 0 Å². The van der Waals surface area contributed by atoms with Gasteiger partial charge in [-0.05, 0) is 35.6 Å². The van der Waals surface area contributed by atoms with E-state index >= 15 is 0 Å². The molecule has 1 N–H and O–H groups in total. The van der Waals surface area contributed by atoms with Crippen LogP contribution >= 0.6 is 22.9 Å². The molecular formula is C16H17ClN2S. The van der Waals surface area contributed by atoms with Crippen molar-refractivity contribution in [3.8, 4) is 0 Å². The van der Waals surface area contributed by atoms with Gasteiger partial charge in [0.25, 0.3) is 0 Å². The number of nitrogens with zero attached hydrogens (tertiary/aromatic N) is 1. The highest BCUT2D eigenvalue weighted by atomic mass is 35.5. The quantitative estimate of drug-likeness (QED) is 0.856. The molecule has 1 aliphatic heterocycles. The van der Waals surface area contributed by atoms with Crippen LogP contribution in [0.5, 0.6) is 0 Å². The largest absolute Gasteiger partial charge is 0.301 e. The first-order valence-corrected chi connectivity index (χ1v) is 8.18. The molecular weight excluding hydrogens is 288 g/mol. The Morgan fingerprint density at radius 3 is 2.70 bits per heavy atom. The molecule has 1 aliphatic rings. The number of hydrogen-bond acceptors (Lipinski definition) is 3. The van der Waals surface area contributed by atoms with Crippen LogP contribution in [0.4, 0.5) is 0 Å². The summed E-state index contributed by atoms with van der Waals surface area (Å²) in [6, 6.07) is 12.6. The van der Waals surface area contributed by atoms with E-state index in [1.54, 1.807) is 11.3 Å². The fraction of sp³-hybridized carbons (Fsp3) is 0.312. The summed E-state index contributed by atoms with van der Waals surface area (Å²) >= 11 is 7.76. The molecule has 2 nitrogen and oxygen atoms in total. The molecule has 104 valence electrons. The molecule has 2 heterocycles. The van der Waals surface area contributed by atoms with Crippen molar-refractivity contribution < 1.29 is 0 Å². The van der Waals surface area contributed by atoms with E-state index in [4.69, 9.17) is 11.6 Å². The standard InChI is InChI=1S/C16H17ClN2S/c1-2-4-13-15(11-6-8-12(17)9-7-11)18-19-16(13)14-5-3-10-20-14/h3,5-10,13,16,19H,2,4H2,1H3. The number of nitrogens with one attached hydrogen (secondary N) is 1. The predicted octanol–water partition coefficient (Wildman–Crippen LogP) is 4.87. The summed E-state index contributed by atoms with van der Waals surface area (Å²) < 4.78 is 0. The molecule has 1 aromatic carbocycles. The number of benzene rings is 1. The Morgan fingerprint density at radius 1 is 1.25 bits per heavy atom. The van der Waals surface area contributed by atoms with E-state index in [1.807, 2.05) is 12.1 Å². The van der Waals surface area contributed by atoms with Crippen molar-refractivity contribution in [2.45, 2.75) is 25.8 Å². The Morgan fingerprint density at radius 2 is 2.05 bits per heavy atom. The molecule has 1 aromatic heterocycles. The summed E-state index contributed by atoms with van der Waals surface area (Å²) in [6.07, 6.45) is 2.29. The Balaban J connectivity index is 1.89. The molecule has 0 radical (unpaired) electrons. The van der Waals surface area contributed by atoms with Gasteiger partial charge in [-0.1, -0.05) is 43.1 Å². The lowest BCUT2D eigenvalue weighted by molar-refractivity contribution is 0.474. The van der Waals surface area contributed by atoms with Gasteiger partial charge < -0.3 is 5.43 Å².